The van der Waals surface area contributed by atoms with Crippen molar-refractivity contribution >= 4 is 69.6 Å². The minimum absolute atomic E-state index is 0.398. The molecule has 0 amide bonds. The summed E-state index contributed by atoms with van der Waals surface area (Å²) in [4.78, 5) is 0. The topological polar surface area (TPSA) is 0 Å². The molecule has 0 bridgehead atoms. The van der Waals surface area contributed by atoms with Crippen LogP contribution in [-0.4, -0.2) is 43.0 Å². The van der Waals surface area contributed by atoms with Gasteiger partial charge in [0.05, 0.1) is 0 Å². The Morgan fingerprint density at radius 1 is 0.800 bits per heavy atom. The summed E-state index contributed by atoms with van der Waals surface area (Å²) in [5, 5.41) is -2.02. The molecule has 7 heteroatoms. The van der Waals surface area contributed by atoms with Crippen molar-refractivity contribution < 1.29 is 0 Å². The van der Waals surface area contributed by atoms with Gasteiger partial charge in [-0.05, 0) is 0 Å². The Labute approximate surface area is 121 Å². The first-order valence-electron chi connectivity index (χ1n) is 5.23. The van der Waals surface area contributed by atoms with Gasteiger partial charge in [-0.3, -0.25) is 0 Å². The Bertz CT molecular complexity index is 227. The summed E-state index contributed by atoms with van der Waals surface area (Å²) in [6.45, 7) is 9.04. The van der Waals surface area contributed by atoms with E-state index in [4.69, 9.17) is 23.6 Å². The summed E-state index contributed by atoms with van der Waals surface area (Å²) in [7, 11) is 4.40. The molecule has 0 aromatic heterocycles. The minimum atomic E-state index is -1.01. The van der Waals surface area contributed by atoms with Crippen LogP contribution in [0.15, 0.2) is 0 Å². The zero-order valence-corrected chi connectivity index (χ0v) is 17.8. The molecular weight excluding hydrogens is 405 g/mol. The molecule has 2 radical (unpaired) electrons. The van der Waals surface area contributed by atoms with Crippen LogP contribution in [0.3, 0.4) is 0 Å². The van der Waals surface area contributed by atoms with Gasteiger partial charge in [0.1, 0.15) is 0 Å². The van der Waals surface area contributed by atoms with Crippen LogP contribution < -0.4 is 0 Å². The van der Waals surface area contributed by atoms with Crippen LogP contribution in [0, 0.1) is 0 Å². The second-order valence-corrected chi connectivity index (χ2v) is 34.5. The van der Waals surface area contributed by atoms with Gasteiger partial charge in [-0.1, -0.05) is 0 Å². The van der Waals surface area contributed by atoms with E-state index in [0.29, 0.717) is 0 Å². The first-order valence-corrected chi connectivity index (χ1v) is 21.4. The molecule has 0 rings (SSSR count). The summed E-state index contributed by atoms with van der Waals surface area (Å²) < 4.78 is 0. The van der Waals surface area contributed by atoms with E-state index in [0.717, 1.165) is 0 Å². The summed E-state index contributed by atoms with van der Waals surface area (Å²) >= 11 is 11.1. The predicted octanol–water partition coefficient (Wildman–Crippen LogP) is 4.86. The van der Waals surface area contributed by atoms with Crippen LogP contribution >= 0.6 is 27.6 Å². The van der Waals surface area contributed by atoms with Gasteiger partial charge in [0.15, 0.2) is 0 Å². The average molecular weight is 425 g/mol. The van der Waals surface area contributed by atoms with Crippen molar-refractivity contribution in [1.82, 2.24) is 0 Å². The van der Waals surface area contributed by atoms with Gasteiger partial charge in [0, 0.05) is 0 Å². The van der Waals surface area contributed by atoms with E-state index in [2.05, 4.69) is 44.8 Å². The standard InChI is InChI=1S/2C4H11PS2.Sn/c2*1-3-5(6,7)4-2;/h2*3-4H2,1-2H3,(H,6,7);/q;;+2/p-2. The van der Waals surface area contributed by atoms with Crippen LogP contribution in [0.5, 0.6) is 0 Å². The van der Waals surface area contributed by atoms with E-state index in [1.165, 1.54) is 24.6 Å². The monoisotopic (exact) mass is 426 g/mol. The number of rotatable bonds is 8. The molecule has 0 aliphatic carbocycles. The molecule has 0 aliphatic rings. The quantitative estimate of drug-likeness (QED) is 0.403. The molecule has 0 aromatic carbocycles. The molecule has 90 valence electrons. The van der Waals surface area contributed by atoms with Gasteiger partial charge in [-0.25, -0.2) is 0 Å². The third kappa shape index (κ3) is 7.08. The third-order valence-electron chi connectivity index (χ3n) is 2.33. The molecule has 0 nitrogen and oxygen atoms in total. The molecule has 0 fully saturated rings. The van der Waals surface area contributed by atoms with Crippen molar-refractivity contribution in [2.24, 2.45) is 0 Å². The summed E-state index contributed by atoms with van der Waals surface area (Å²) in [5.41, 5.74) is 0. The summed E-state index contributed by atoms with van der Waals surface area (Å²) in [5.74, 6) is 0. The first-order chi connectivity index (χ1) is 6.95. The Hall–Kier alpha value is 2.80. The van der Waals surface area contributed by atoms with Gasteiger partial charge >= 0.3 is 122 Å². The van der Waals surface area contributed by atoms with Crippen LogP contribution in [0.4, 0.5) is 0 Å². The van der Waals surface area contributed by atoms with E-state index in [9.17, 15) is 0 Å². The zero-order valence-electron chi connectivity index (χ0n) is 9.86. The van der Waals surface area contributed by atoms with Crippen molar-refractivity contribution in [1.29, 1.82) is 0 Å². The molecule has 0 heterocycles. The fourth-order valence-corrected chi connectivity index (χ4v) is 61.6. The van der Waals surface area contributed by atoms with E-state index in [1.807, 2.05) is 0 Å². The predicted molar refractivity (Wildman–Crippen MR) is 91.7 cm³/mol. The maximum absolute atomic E-state index is 5.75. The van der Waals surface area contributed by atoms with Crippen molar-refractivity contribution in [3.05, 3.63) is 0 Å². The normalized spacial score (nSPS) is 13.1. The van der Waals surface area contributed by atoms with Crippen molar-refractivity contribution in [3.8, 4) is 0 Å². The molecule has 0 unspecified atom stereocenters. The molecule has 15 heavy (non-hydrogen) atoms. The van der Waals surface area contributed by atoms with Gasteiger partial charge in [-0.2, -0.15) is 0 Å². The second kappa shape index (κ2) is 8.82. The van der Waals surface area contributed by atoms with Gasteiger partial charge in [-0.15, -0.1) is 0 Å². The molecule has 0 spiro atoms. The zero-order chi connectivity index (χ0) is 11.9. The fourth-order valence-electron chi connectivity index (χ4n) is 0.858. The Balaban J connectivity index is 4.08. The van der Waals surface area contributed by atoms with E-state index in [-0.39, 0.29) is 0 Å². The molecule has 0 atom stereocenters. The molecule has 0 aliphatic heterocycles. The van der Waals surface area contributed by atoms with Crippen molar-refractivity contribution in [3.63, 3.8) is 0 Å². The molecule has 0 saturated heterocycles. The van der Waals surface area contributed by atoms with E-state index >= 15 is 0 Å². The van der Waals surface area contributed by atoms with Crippen molar-refractivity contribution in [2.45, 2.75) is 27.7 Å². The van der Waals surface area contributed by atoms with Crippen LogP contribution in [0.25, 0.3) is 0 Å². The van der Waals surface area contributed by atoms with Crippen LogP contribution in [0.1, 0.15) is 27.7 Å². The number of hydrogen-bond acceptors (Lipinski definition) is 4. The molecule has 0 saturated carbocycles. The maximum atomic E-state index is 5.75. The SMILES string of the molecule is CCP(=S)(CC)[S][Sn][S]P(=S)(CC)CC. The van der Waals surface area contributed by atoms with Crippen LogP contribution in [-0.2, 0) is 23.6 Å². The van der Waals surface area contributed by atoms with Crippen molar-refractivity contribution in [2.75, 3.05) is 24.6 Å². The first kappa shape index (κ1) is 17.8. The third-order valence-corrected chi connectivity index (χ3v) is 54.6. The molecule has 0 aromatic rings. The van der Waals surface area contributed by atoms with Gasteiger partial charge < -0.3 is 0 Å². The molecular formula is C8H20P2S4Sn. The summed E-state index contributed by atoms with van der Waals surface area (Å²) in [6.07, 6.45) is 4.91. The Kier molecular flexibility index (Phi) is 10.5. The van der Waals surface area contributed by atoms with Gasteiger partial charge in [0.2, 0.25) is 0 Å². The Morgan fingerprint density at radius 3 is 1.27 bits per heavy atom. The fraction of sp³-hybridized carbons (Fsp3) is 1.00. The van der Waals surface area contributed by atoms with Gasteiger partial charge in [0.25, 0.3) is 0 Å². The summed E-state index contributed by atoms with van der Waals surface area (Å²) in [6, 6.07) is 0. The molecule has 0 N–H and O–H groups in total. The van der Waals surface area contributed by atoms with E-state index < -0.39 is 28.9 Å². The average Bonchev–Trinajstić information content (AvgIpc) is 2.28. The Morgan fingerprint density at radius 2 is 1.07 bits per heavy atom. The van der Waals surface area contributed by atoms with E-state index in [1.54, 1.807) is 0 Å². The number of hydrogen-bond donors (Lipinski definition) is 0. The van der Waals surface area contributed by atoms with Crippen LogP contribution in [0.2, 0.25) is 0 Å². The second-order valence-electron chi connectivity index (χ2n) is 3.16.